The third-order valence-corrected chi connectivity index (χ3v) is 3.39. The van der Waals surface area contributed by atoms with Gasteiger partial charge in [-0.1, -0.05) is 19.9 Å². The van der Waals surface area contributed by atoms with Gasteiger partial charge in [0.2, 0.25) is 0 Å². The monoisotopic (exact) mass is 288 g/mol. The van der Waals surface area contributed by atoms with Crippen molar-refractivity contribution in [2.24, 2.45) is 0 Å². The van der Waals surface area contributed by atoms with Crippen molar-refractivity contribution in [1.82, 2.24) is 20.1 Å². The number of pyridine rings is 1. The average Bonchev–Trinajstić information content (AvgIpc) is 2.88. The molecule has 0 aliphatic heterocycles. The maximum atomic E-state index is 5.50. The van der Waals surface area contributed by atoms with Crippen LogP contribution in [0.4, 0.5) is 0 Å². The predicted octanol–water partition coefficient (Wildman–Crippen LogP) is 2.70. The van der Waals surface area contributed by atoms with Crippen LogP contribution in [0.15, 0.2) is 24.4 Å². The Morgan fingerprint density at radius 3 is 2.76 bits per heavy atom. The molecular formula is C16H24N4O. The first-order valence-corrected chi connectivity index (χ1v) is 7.47. The fraction of sp³-hybridized carbons (Fsp3) is 0.500. The van der Waals surface area contributed by atoms with Gasteiger partial charge in [0.05, 0.1) is 25.0 Å². The number of nitrogens with zero attached hydrogens (tertiary/aromatic N) is 3. The van der Waals surface area contributed by atoms with Crippen LogP contribution >= 0.6 is 0 Å². The van der Waals surface area contributed by atoms with Gasteiger partial charge in [-0.2, -0.15) is 5.10 Å². The maximum absolute atomic E-state index is 5.50. The number of hydrogen-bond donors (Lipinski definition) is 1. The van der Waals surface area contributed by atoms with Crippen LogP contribution in [0.25, 0.3) is 0 Å². The summed E-state index contributed by atoms with van der Waals surface area (Å²) in [6.07, 6.45) is 2.81. The van der Waals surface area contributed by atoms with Crippen molar-refractivity contribution in [3.05, 3.63) is 41.5 Å². The van der Waals surface area contributed by atoms with Crippen LogP contribution < -0.4 is 10.1 Å². The van der Waals surface area contributed by atoms with Gasteiger partial charge in [-0.25, -0.2) is 0 Å². The molecule has 0 aliphatic carbocycles. The van der Waals surface area contributed by atoms with E-state index >= 15 is 0 Å². The Labute approximate surface area is 126 Å². The van der Waals surface area contributed by atoms with Crippen LogP contribution in [0.5, 0.6) is 5.75 Å². The fourth-order valence-electron chi connectivity index (χ4n) is 2.49. The van der Waals surface area contributed by atoms with E-state index in [4.69, 9.17) is 4.74 Å². The van der Waals surface area contributed by atoms with Gasteiger partial charge in [0.1, 0.15) is 5.69 Å². The molecule has 2 aromatic heterocycles. The summed E-state index contributed by atoms with van der Waals surface area (Å²) < 4.78 is 7.51. The van der Waals surface area contributed by atoms with E-state index in [1.807, 2.05) is 29.8 Å². The number of aromatic nitrogens is 3. The van der Waals surface area contributed by atoms with Gasteiger partial charge < -0.3 is 10.1 Å². The van der Waals surface area contributed by atoms with Gasteiger partial charge in [0, 0.05) is 12.2 Å². The van der Waals surface area contributed by atoms with E-state index in [0.717, 1.165) is 42.3 Å². The molecule has 0 spiro atoms. The van der Waals surface area contributed by atoms with E-state index in [1.165, 1.54) is 0 Å². The van der Waals surface area contributed by atoms with Crippen LogP contribution in [-0.4, -0.2) is 28.4 Å². The number of ether oxygens (including phenoxy) is 1. The zero-order valence-corrected chi connectivity index (χ0v) is 13.3. The van der Waals surface area contributed by atoms with Gasteiger partial charge in [0.25, 0.3) is 0 Å². The molecule has 0 aliphatic rings. The highest BCUT2D eigenvalue weighted by molar-refractivity contribution is 5.34. The summed E-state index contributed by atoms with van der Waals surface area (Å²) in [6, 6.07) is 6.07. The van der Waals surface area contributed by atoms with Gasteiger partial charge in [-0.3, -0.25) is 9.67 Å². The molecule has 0 fully saturated rings. The molecule has 1 N–H and O–H groups in total. The van der Waals surface area contributed by atoms with Gasteiger partial charge >= 0.3 is 0 Å². The number of hydrogen-bond acceptors (Lipinski definition) is 4. The molecule has 5 heteroatoms. The lowest BCUT2D eigenvalue weighted by Gasteiger charge is -2.20. The normalized spacial score (nSPS) is 12.4. The van der Waals surface area contributed by atoms with Gasteiger partial charge in [0.15, 0.2) is 5.75 Å². The van der Waals surface area contributed by atoms with Crippen molar-refractivity contribution in [3.8, 4) is 5.75 Å². The number of aryl methyl sites for hydroxylation is 2. The third-order valence-electron chi connectivity index (χ3n) is 3.39. The summed E-state index contributed by atoms with van der Waals surface area (Å²) in [5, 5.41) is 7.95. The minimum atomic E-state index is -0.0149. The first-order valence-electron chi connectivity index (χ1n) is 7.47. The second-order valence-electron chi connectivity index (χ2n) is 5.02. The molecule has 1 unspecified atom stereocenters. The quantitative estimate of drug-likeness (QED) is 0.851. The second kappa shape index (κ2) is 7.22. The molecule has 0 bridgehead atoms. The van der Waals surface area contributed by atoms with Crippen LogP contribution in [0.3, 0.4) is 0 Å². The zero-order valence-electron chi connectivity index (χ0n) is 13.3. The van der Waals surface area contributed by atoms with Gasteiger partial charge in [-0.05, 0) is 32.0 Å². The minimum absolute atomic E-state index is 0.0149. The van der Waals surface area contributed by atoms with Crippen molar-refractivity contribution < 1.29 is 4.74 Å². The van der Waals surface area contributed by atoms with Crippen molar-refractivity contribution in [2.75, 3.05) is 13.7 Å². The molecule has 114 valence electrons. The first-order chi connectivity index (χ1) is 10.2. The summed E-state index contributed by atoms with van der Waals surface area (Å²) >= 11 is 0. The Morgan fingerprint density at radius 1 is 1.33 bits per heavy atom. The van der Waals surface area contributed by atoms with Gasteiger partial charge in [-0.15, -0.1) is 0 Å². The van der Waals surface area contributed by atoms with Crippen molar-refractivity contribution in [3.63, 3.8) is 0 Å². The number of rotatable bonds is 7. The number of nitrogens with one attached hydrogen (secondary N) is 1. The minimum Gasteiger partial charge on any atom is -0.493 e. The lowest BCUT2D eigenvalue weighted by molar-refractivity contribution is 0.397. The zero-order chi connectivity index (χ0) is 15.2. The van der Waals surface area contributed by atoms with E-state index in [1.54, 1.807) is 13.3 Å². The standard InChI is InChI=1S/C16H24N4O/c1-5-10-20-16(14(21-4)11-18-20)15(17-6-2)13-9-7-8-12(3)19-13/h7-9,11,15,17H,5-6,10H2,1-4H3. The third kappa shape index (κ3) is 3.42. The molecule has 0 saturated heterocycles. The molecule has 5 nitrogen and oxygen atoms in total. The second-order valence-corrected chi connectivity index (χ2v) is 5.02. The Kier molecular flexibility index (Phi) is 5.33. The van der Waals surface area contributed by atoms with Crippen LogP contribution in [0.1, 0.15) is 43.4 Å². The molecule has 21 heavy (non-hydrogen) atoms. The Bertz CT molecular complexity index is 579. The predicted molar refractivity (Wildman–Crippen MR) is 83.6 cm³/mol. The summed E-state index contributed by atoms with van der Waals surface area (Å²) in [5.41, 5.74) is 3.04. The molecule has 2 heterocycles. The Hall–Kier alpha value is -1.88. The SMILES string of the molecule is CCCn1ncc(OC)c1C(NCC)c1cccc(C)n1. The molecule has 2 aromatic rings. The van der Waals surface area contributed by atoms with E-state index in [2.05, 4.69) is 29.2 Å². The Balaban J connectivity index is 2.49. The highest BCUT2D eigenvalue weighted by Crippen LogP contribution is 2.29. The van der Waals surface area contributed by atoms with Crippen LogP contribution in [0.2, 0.25) is 0 Å². The Morgan fingerprint density at radius 2 is 2.14 bits per heavy atom. The molecule has 0 amide bonds. The number of methoxy groups -OCH3 is 1. The molecular weight excluding hydrogens is 264 g/mol. The fourth-order valence-corrected chi connectivity index (χ4v) is 2.49. The topological polar surface area (TPSA) is 52.0 Å². The lowest BCUT2D eigenvalue weighted by atomic mass is 10.1. The summed E-state index contributed by atoms with van der Waals surface area (Å²) in [6.45, 7) is 7.96. The molecule has 2 rings (SSSR count). The highest BCUT2D eigenvalue weighted by Gasteiger charge is 2.23. The van der Waals surface area contributed by atoms with E-state index in [0.29, 0.717) is 0 Å². The van der Waals surface area contributed by atoms with Crippen LogP contribution in [0, 0.1) is 6.92 Å². The first kappa shape index (κ1) is 15.5. The average molecular weight is 288 g/mol. The smallest absolute Gasteiger partial charge is 0.161 e. The van der Waals surface area contributed by atoms with Crippen molar-refractivity contribution >= 4 is 0 Å². The van der Waals surface area contributed by atoms with E-state index < -0.39 is 0 Å². The van der Waals surface area contributed by atoms with E-state index in [9.17, 15) is 0 Å². The summed E-state index contributed by atoms with van der Waals surface area (Å²) in [4.78, 5) is 4.67. The van der Waals surface area contributed by atoms with Crippen molar-refractivity contribution in [2.45, 2.75) is 39.8 Å². The summed E-state index contributed by atoms with van der Waals surface area (Å²) in [7, 11) is 1.68. The molecule has 0 radical (unpaired) electrons. The molecule has 1 atom stereocenters. The highest BCUT2D eigenvalue weighted by atomic mass is 16.5. The maximum Gasteiger partial charge on any atom is 0.161 e. The lowest BCUT2D eigenvalue weighted by Crippen LogP contribution is -2.26. The van der Waals surface area contributed by atoms with Crippen molar-refractivity contribution in [1.29, 1.82) is 0 Å². The summed E-state index contributed by atoms with van der Waals surface area (Å²) in [5.74, 6) is 0.803. The molecule has 0 saturated carbocycles. The van der Waals surface area contributed by atoms with E-state index in [-0.39, 0.29) is 6.04 Å². The molecule has 0 aromatic carbocycles. The van der Waals surface area contributed by atoms with Crippen LogP contribution in [-0.2, 0) is 6.54 Å². The largest absolute Gasteiger partial charge is 0.493 e.